The van der Waals surface area contributed by atoms with Crippen molar-refractivity contribution >= 4 is 23.4 Å². The van der Waals surface area contributed by atoms with Gasteiger partial charge in [0.25, 0.3) is 5.91 Å². The summed E-state index contributed by atoms with van der Waals surface area (Å²) in [5.74, 6) is 2.35. The molecule has 0 bridgehead atoms. The van der Waals surface area contributed by atoms with E-state index in [1.165, 1.54) is 11.5 Å². The highest BCUT2D eigenvalue weighted by Crippen LogP contribution is 2.11. The molecule has 5 heteroatoms. The van der Waals surface area contributed by atoms with Crippen molar-refractivity contribution < 1.29 is 4.79 Å². The number of benzene rings is 1. The van der Waals surface area contributed by atoms with Crippen LogP contribution in [0.25, 0.3) is 0 Å². The zero-order valence-electron chi connectivity index (χ0n) is 11.3. The van der Waals surface area contributed by atoms with Crippen LogP contribution < -0.4 is 11.1 Å². The van der Waals surface area contributed by atoms with Crippen molar-refractivity contribution in [1.82, 2.24) is 10.2 Å². The summed E-state index contributed by atoms with van der Waals surface area (Å²) in [6.07, 6.45) is 0. The summed E-state index contributed by atoms with van der Waals surface area (Å²) in [5, 5.41) is 2.96. The minimum absolute atomic E-state index is 0.0400. The molecule has 2 rings (SSSR count). The molecular weight excluding hydrogens is 258 g/mol. The van der Waals surface area contributed by atoms with Crippen LogP contribution in [0.5, 0.6) is 0 Å². The minimum Gasteiger partial charge on any atom is -0.399 e. The molecule has 0 aliphatic carbocycles. The summed E-state index contributed by atoms with van der Waals surface area (Å²) in [5.41, 5.74) is 8.05. The molecule has 0 atom stereocenters. The van der Waals surface area contributed by atoms with Crippen LogP contribution in [0.1, 0.15) is 15.9 Å². The summed E-state index contributed by atoms with van der Waals surface area (Å²) < 4.78 is 0. The van der Waals surface area contributed by atoms with Gasteiger partial charge in [-0.2, -0.15) is 11.8 Å². The molecular formula is C14H21N3OS. The monoisotopic (exact) mass is 279 g/mol. The molecule has 0 unspecified atom stereocenters. The van der Waals surface area contributed by atoms with E-state index < -0.39 is 0 Å². The van der Waals surface area contributed by atoms with E-state index >= 15 is 0 Å². The molecule has 3 N–H and O–H groups in total. The van der Waals surface area contributed by atoms with Gasteiger partial charge < -0.3 is 11.1 Å². The molecule has 1 fully saturated rings. The molecule has 104 valence electrons. The molecule has 1 heterocycles. The molecule has 4 nitrogen and oxygen atoms in total. The zero-order chi connectivity index (χ0) is 13.7. The van der Waals surface area contributed by atoms with E-state index in [1.807, 2.05) is 30.8 Å². The first-order valence-electron chi connectivity index (χ1n) is 6.60. The number of nitrogen functional groups attached to an aromatic ring is 1. The van der Waals surface area contributed by atoms with Gasteiger partial charge in [-0.15, -0.1) is 0 Å². The van der Waals surface area contributed by atoms with E-state index in [2.05, 4.69) is 10.2 Å². The van der Waals surface area contributed by atoms with Crippen molar-refractivity contribution in [2.75, 3.05) is 43.4 Å². The number of nitrogens with two attached hydrogens (primary N) is 1. The quantitative estimate of drug-likeness (QED) is 0.817. The lowest BCUT2D eigenvalue weighted by molar-refractivity contribution is 0.0949. The van der Waals surface area contributed by atoms with Gasteiger partial charge in [0.15, 0.2) is 0 Å². The molecule has 1 aliphatic heterocycles. The first-order chi connectivity index (χ1) is 9.15. The van der Waals surface area contributed by atoms with Crippen molar-refractivity contribution in [2.24, 2.45) is 0 Å². The van der Waals surface area contributed by atoms with Crippen molar-refractivity contribution in [3.63, 3.8) is 0 Å². The molecule has 0 radical (unpaired) electrons. The number of hydrogen-bond acceptors (Lipinski definition) is 4. The van der Waals surface area contributed by atoms with Gasteiger partial charge in [0, 0.05) is 48.9 Å². The number of hydrogen-bond donors (Lipinski definition) is 2. The third-order valence-electron chi connectivity index (χ3n) is 3.18. The largest absolute Gasteiger partial charge is 0.399 e. The van der Waals surface area contributed by atoms with Gasteiger partial charge in [-0.05, 0) is 30.7 Å². The van der Waals surface area contributed by atoms with Gasteiger partial charge in [0.1, 0.15) is 0 Å². The molecule has 1 saturated heterocycles. The third-order valence-corrected chi connectivity index (χ3v) is 4.12. The molecule has 1 aromatic carbocycles. The van der Waals surface area contributed by atoms with Gasteiger partial charge in [-0.1, -0.05) is 0 Å². The van der Waals surface area contributed by atoms with Crippen LogP contribution in [0.2, 0.25) is 0 Å². The van der Waals surface area contributed by atoms with Gasteiger partial charge in [0.05, 0.1) is 0 Å². The number of carbonyl (C=O) groups is 1. The Morgan fingerprint density at radius 2 is 2.11 bits per heavy atom. The van der Waals surface area contributed by atoms with Gasteiger partial charge in [-0.25, -0.2) is 0 Å². The zero-order valence-corrected chi connectivity index (χ0v) is 12.1. The van der Waals surface area contributed by atoms with E-state index in [0.717, 1.165) is 25.2 Å². The summed E-state index contributed by atoms with van der Waals surface area (Å²) in [7, 11) is 0. The predicted octanol–water partition coefficient (Wildman–Crippen LogP) is 1.36. The van der Waals surface area contributed by atoms with E-state index in [9.17, 15) is 4.79 Å². The molecule has 0 spiro atoms. The first kappa shape index (κ1) is 14.2. The molecule has 1 amide bonds. The standard InChI is InChI=1S/C14H21N3OS/c1-11-8-12(10-13(15)9-11)14(18)16-2-3-17-4-6-19-7-5-17/h8-10H,2-7,15H2,1H3,(H,16,18). The normalized spacial score (nSPS) is 16.3. The lowest BCUT2D eigenvalue weighted by atomic mass is 10.1. The second-order valence-electron chi connectivity index (χ2n) is 4.84. The Morgan fingerprint density at radius 3 is 2.79 bits per heavy atom. The van der Waals surface area contributed by atoms with E-state index in [0.29, 0.717) is 17.8 Å². The highest BCUT2D eigenvalue weighted by Gasteiger charge is 2.11. The third kappa shape index (κ3) is 4.44. The topological polar surface area (TPSA) is 58.4 Å². The lowest BCUT2D eigenvalue weighted by Crippen LogP contribution is -2.39. The Kier molecular flexibility index (Phi) is 5.10. The van der Waals surface area contributed by atoms with Crippen molar-refractivity contribution in [2.45, 2.75) is 6.92 Å². The molecule has 0 aromatic heterocycles. The summed E-state index contributed by atoms with van der Waals surface area (Å²) >= 11 is 2.00. The Morgan fingerprint density at radius 1 is 1.37 bits per heavy atom. The SMILES string of the molecule is Cc1cc(N)cc(C(=O)NCCN2CCSCC2)c1. The average Bonchev–Trinajstić information content (AvgIpc) is 2.38. The Labute approximate surface area is 118 Å². The van der Waals surface area contributed by atoms with Gasteiger partial charge in [0.2, 0.25) is 0 Å². The van der Waals surface area contributed by atoms with E-state index in [-0.39, 0.29) is 5.91 Å². The number of nitrogens with zero attached hydrogens (tertiary/aromatic N) is 1. The van der Waals surface area contributed by atoms with Crippen LogP contribution in [0.4, 0.5) is 5.69 Å². The predicted molar refractivity (Wildman–Crippen MR) is 81.7 cm³/mol. The minimum atomic E-state index is -0.0400. The fraction of sp³-hybridized carbons (Fsp3) is 0.500. The second-order valence-corrected chi connectivity index (χ2v) is 6.07. The fourth-order valence-corrected chi connectivity index (χ4v) is 3.18. The Balaban J connectivity index is 1.80. The van der Waals surface area contributed by atoms with Crippen LogP contribution in [-0.4, -0.2) is 48.5 Å². The maximum Gasteiger partial charge on any atom is 0.251 e. The van der Waals surface area contributed by atoms with Crippen LogP contribution in [0.3, 0.4) is 0 Å². The highest BCUT2D eigenvalue weighted by atomic mass is 32.2. The molecule has 1 aromatic rings. The van der Waals surface area contributed by atoms with Crippen molar-refractivity contribution in [1.29, 1.82) is 0 Å². The Bertz CT molecular complexity index is 424. The van der Waals surface area contributed by atoms with Gasteiger partial charge >= 0.3 is 0 Å². The highest BCUT2D eigenvalue weighted by molar-refractivity contribution is 7.99. The fourth-order valence-electron chi connectivity index (χ4n) is 2.20. The van der Waals surface area contributed by atoms with Crippen LogP contribution in [0.15, 0.2) is 18.2 Å². The number of rotatable bonds is 4. The van der Waals surface area contributed by atoms with Crippen LogP contribution in [0, 0.1) is 6.92 Å². The smallest absolute Gasteiger partial charge is 0.251 e. The molecule has 19 heavy (non-hydrogen) atoms. The Hall–Kier alpha value is -1.20. The summed E-state index contributed by atoms with van der Waals surface area (Å²) in [4.78, 5) is 14.4. The maximum atomic E-state index is 12.0. The number of amides is 1. The first-order valence-corrected chi connectivity index (χ1v) is 7.76. The number of anilines is 1. The van der Waals surface area contributed by atoms with Crippen molar-refractivity contribution in [3.05, 3.63) is 29.3 Å². The number of nitrogens with one attached hydrogen (secondary N) is 1. The van der Waals surface area contributed by atoms with Crippen LogP contribution in [-0.2, 0) is 0 Å². The van der Waals surface area contributed by atoms with E-state index in [4.69, 9.17) is 5.73 Å². The lowest BCUT2D eigenvalue weighted by Gasteiger charge is -2.26. The number of carbonyl (C=O) groups excluding carboxylic acids is 1. The second kappa shape index (κ2) is 6.82. The van der Waals surface area contributed by atoms with Gasteiger partial charge in [-0.3, -0.25) is 9.69 Å². The summed E-state index contributed by atoms with van der Waals surface area (Å²) in [6, 6.07) is 5.45. The van der Waals surface area contributed by atoms with E-state index in [1.54, 1.807) is 6.07 Å². The number of thioether (sulfide) groups is 1. The maximum absolute atomic E-state index is 12.0. The number of aryl methyl sites for hydroxylation is 1. The summed E-state index contributed by atoms with van der Waals surface area (Å²) in [6.45, 7) is 5.80. The molecule has 0 saturated carbocycles. The van der Waals surface area contributed by atoms with Crippen LogP contribution >= 0.6 is 11.8 Å². The molecule has 1 aliphatic rings. The average molecular weight is 279 g/mol. The van der Waals surface area contributed by atoms with Crippen molar-refractivity contribution in [3.8, 4) is 0 Å².